The van der Waals surface area contributed by atoms with Gasteiger partial charge in [-0.15, -0.1) is 0 Å². The van der Waals surface area contributed by atoms with Crippen molar-refractivity contribution in [1.29, 1.82) is 0 Å². The fraction of sp³-hybridized carbons (Fsp3) is 0.442. The number of fused-ring (bicyclic) bond motifs is 1. The normalized spacial score (nSPS) is 23.8. The van der Waals surface area contributed by atoms with Crippen molar-refractivity contribution in [3.8, 4) is 0 Å². The predicted octanol–water partition coefficient (Wildman–Crippen LogP) is 4.82. The summed E-state index contributed by atoms with van der Waals surface area (Å²) >= 11 is 6.38. The highest BCUT2D eigenvalue weighted by Crippen LogP contribution is 2.46. The SMILES string of the molecule is [C-]#[N+]c1ccc(N2CC3(CCN(c4ccc(C(=O)N5CCN(C6CN(c7ccc8c(c7)C(=O)N(C7CCC(=O)NC7=O)C8=O)C6)CC5)cc4)CC3)CC2C)cc1Cl. The third kappa shape index (κ3) is 6.68. The van der Waals surface area contributed by atoms with Crippen molar-refractivity contribution in [2.24, 2.45) is 5.41 Å². The van der Waals surface area contributed by atoms with E-state index >= 15 is 0 Å². The van der Waals surface area contributed by atoms with Crippen LogP contribution in [0.3, 0.4) is 0 Å². The molecule has 5 saturated heterocycles. The van der Waals surface area contributed by atoms with Gasteiger partial charge in [-0.05, 0) is 92.6 Å². The molecule has 1 N–H and O–H groups in total. The van der Waals surface area contributed by atoms with E-state index in [-0.39, 0.29) is 35.3 Å². The third-order valence-corrected chi connectivity index (χ3v) is 13.5. The Hall–Kier alpha value is -5.45. The maximum atomic E-state index is 13.6. The van der Waals surface area contributed by atoms with Gasteiger partial charge in [0.2, 0.25) is 17.5 Å². The number of benzene rings is 3. The Morgan fingerprint density at radius 1 is 0.825 bits per heavy atom. The molecule has 3 aromatic carbocycles. The molecule has 6 aliphatic rings. The standard InChI is InChI=1S/C43H45ClN8O5/c1-27-23-43(26-51(27)31-8-10-36(45-2)35(44)22-31)13-15-47(16-14-43)29-5-3-28(4-6-29)40(55)49-19-17-48(18-20-49)32-24-50(25-32)30-7-9-33-34(21-30)42(57)52(41(33)56)37-11-12-38(53)46-39(37)54/h3-10,21-22,27,32,37H,11-20,23-26H2,1H3,(H,46,53,54). The van der Waals surface area contributed by atoms with Crippen LogP contribution in [0.15, 0.2) is 60.7 Å². The van der Waals surface area contributed by atoms with Crippen LogP contribution >= 0.6 is 11.6 Å². The summed E-state index contributed by atoms with van der Waals surface area (Å²) in [7, 11) is 0. The van der Waals surface area contributed by atoms with E-state index in [0.29, 0.717) is 41.4 Å². The molecule has 294 valence electrons. The van der Waals surface area contributed by atoms with Gasteiger partial charge in [-0.1, -0.05) is 17.7 Å². The Bertz CT molecular complexity index is 2200. The number of piperidine rings is 2. The third-order valence-electron chi connectivity index (χ3n) is 13.2. The summed E-state index contributed by atoms with van der Waals surface area (Å²) in [6.07, 6.45) is 3.55. The van der Waals surface area contributed by atoms with Crippen LogP contribution in [0.5, 0.6) is 0 Å². The Labute approximate surface area is 336 Å². The molecule has 0 aromatic heterocycles. The summed E-state index contributed by atoms with van der Waals surface area (Å²) in [5.41, 5.74) is 5.10. The lowest BCUT2D eigenvalue weighted by atomic mass is 9.76. The number of halogens is 1. The zero-order valence-electron chi connectivity index (χ0n) is 32.0. The van der Waals surface area contributed by atoms with E-state index in [1.807, 2.05) is 41.3 Å². The molecular formula is C43H45ClN8O5. The zero-order valence-corrected chi connectivity index (χ0v) is 32.7. The molecule has 0 saturated carbocycles. The van der Waals surface area contributed by atoms with Crippen molar-refractivity contribution in [2.75, 3.05) is 73.6 Å². The van der Waals surface area contributed by atoms with Gasteiger partial charge >= 0.3 is 0 Å². The summed E-state index contributed by atoms with van der Waals surface area (Å²) in [5, 5.41) is 2.74. The van der Waals surface area contributed by atoms with E-state index in [9.17, 15) is 24.0 Å². The molecule has 6 heterocycles. The molecule has 0 bridgehead atoms. The molecule has 6 aliphatic heterocycles. The van der Waals surface area contributed by atoms with Crippen molar-refractivity contribution in [1.82, 2.24) is 20.0 Å². The summed E-state index contributed by atoms with van der Waals surface area (Å²) in [6.45, 7) is 16.9. The van der Waals surface area contributed by atoms with Gasteiger partial charge in [0.1, 0.15) is 6.04 Å². The van der Waals surface area contributed by atoms with Gasteiger partial charge in [-0.25, -0.2) is 4.85 Å². The molecule has 14 heteroatoms. The molecule has 0 aliphatic carbocycles. The lowest BCUT2D eigenvalue weighted by Gasteiger charge is -2.49. The van der Waals surface area contributed by atoms with Crippen molar-refractivity contribution in [3.05, 3.63) is 93.8 Å². The second-order valence-electron chi connectivity index (χ2n) is 16.5. The van der Waals surface area contributed by atoms with Gasteiger partial charge < -0.3 is 19.6 Å². The van der Waals surface area contributed by atoms with Crippen LogP contribution in [0.2, 0.25) is 5.02 Å². The number of hydrogen-bond acceptors (Lipinski definition) is 9. The van der Waals surface area contributed by atoms with E-state index in [1.54, 1.807) is 12.1 Å². The number of nitrogens with zero attached hydrogens (tertiary/aromatic N) is 7. The summed E-state index contributed by atoms with van der Waals surface area (Å²) in [6, 6.07) is 18.9. The highest BCUT2D eigenvalue weighted by molar-refractivity contribution is 6.33. The first-order valence-electron chi connectivity index (χ1n) is 19.9. The van der Waals surface area contributed by atoms with E-state index in [4.69, 9.17) is 18.2 Å². The number of nitrogens with one attached hydrogen (secondary N) is 1. The van der Waals surface area contributed by atoms with Crippen molar-refractivity contribution >= 4 is 63.9 Å². The molecule has 57 heavy (non-hydrogen) atoms. The van der Waals surface area contributed by atoms with Crippen molar-refractivity contribution < 1.29 is 24.0 Å². The van der Waals surface area contributed by atoms with Gasteiger partial charge in [0, 0.05) is 105 Å². The fourth-order valence-corrected chi connectivity index (χ4v) is 10.1. The summed E-state index contributed by atoms with van der Waals surface area (Å²) < 4.78 is 0. The molecule has 0 radical (unpaired) electrons. The van der Waals surface area contributed by atoms with Gasteiger partial charge in [-0.2, -0.15) is 0 Å². The van der Waals surface area contributed by atoms with Gasteiger partial charge in [-0.3, -0.25) is 39.1 Å². The Morgan fingerprint density at radius 2 is 1.51 bits per heavy atom. The zero-order chi connectivity index (χ0) is 39.6. The molecular weight excluding hydrogens is 744 g/mol. The largest absolute Gasteiger partial charge is 0.371 e. The average molecular weight is 789 g/mol. The quantitative estimate of drug-likeness (QED) is 0.277. The number of carbonyl (C=O) groups excluding carboxylic acids is 5. The number of piperazine rings is 1. The number of carbonyl (C=O) groups is 5. The van der Waals surface area contributed by atoms with E-state index in [0.717, 1.165) is 87.0 Å². The Kier molecular flexibility index (Phi) is 9.44. The number of anilines is 3. The van der Waals surface area contributed by atoms with Crippen molar-refractivity contribution in [2.45, 2.75) is 57.2 Å². The molecule has 5 amide bonds. The Morgan fingerprint density at radius 3 is 2.19 bits per heavy atom. The average Bonchev–Trinajstić information content (AvgIpc) is 3.65. The van der Waals surface area contributed by atoms with Crippen LogP contribution in [0.4, 0.5) is 22.7 Å². The molecule has 3 aromatic rings. The number of rotatable bonds is 6. The minimum Gasteiger partial charge on any atom is -0.371 e. The first kappa shape index (κ1) is 37.1. The summed E-state index contributed by atoms with van der Waals surface area (Å²) in [4.78, 5) is 79.9. The number of amides is 5. The highest BCUT2D eigenvalue weighted by atomic mass is 35.5. The minimum absolute atomic E-state index is 0.0577. The topological polar surface area (TPSA) is 121 Å². The van der Waals surface area contributed by atoms with Gasteiger partial charge in [0.15, 0.2) is 0 Å². The van der Waals surface area contributed by atoms with Crippen molar-refractivity contribution in [3.63, 3.8) is 0 Å². The summed E-state index contributed by atoms with van der Waals surface area (Å²) in [5.74, 6) is -1.96. The second kappa shape index (κ2) is 14.5. The molecule has 5 fully saturated rings. The van der Waals surface area contributed by atoms with Crippen LogP contribution in [-0.2, 0) is 9.59 Å². The highest BCUT2D eigenvalue weighted by Gasteiger charge is 2.46. The van der Waals surface area contributed by atoms with E-state index < -0.39 is 29.7 Å². The molecule has 2 atom stereocenters. The number of imide groups is 2. The Balaban J connectivity index is 0.741. The molecule has 2 unspecified atom stereocenters. The lowest BCUT2D eigenvalue weighted by molar-refractivity contribution is -0.136. The lowest BCUT2D eigenvalue weighted by Crippen LogP contribution is -2.63. The monoisotopic (exact) mass is 788 g/mol. The van der Waals surface area contributed by atoms with Crippen LogP contribution in [0.1, 0.15) is 70.1 Å². The fourth-order valence-electron chi connectivity index (χ4n) is 9.87. The maximum absolute atomic E-state index is 13.6. The van der Waals surface area contributed by atoms with E-state index in [1.165, 1.54) is 0 Å². The van der Waals surface area contributed by atoms with Crippen LogP contribution < -0.4 is 20.0 Å². The van der Waals surface area contributed by atoms with E-state index in [2.05, 4.69) is 48.8 Å². The first-order chi connectivity index (χ1) is 27.5. The predicted molar refractivity (Wildman–Crippen MR) is 216 cm³/mol. The smallest absolute Gasteiger partial charge is 0.262 e. The maximum Gasteiger partial charge on any atom is 0.262 e. The molecule has 9 rings (SSSR count). The number of hydrogen-bond donors (Lipinski definition) is 1. The van der Waals surface area contributed by atoms with Gasteiger partial charge in [0.25, 0.3) is 17.7 Å². The molecule has 13 nitrogen and oxygen atoms in total. The van der Waals surface area contributed by atoms with Crippen LogP contribution in [0.25, 0.3) is 4.85 Å². The second-order valence-corrected chi connectivity index (χ2v) is 16.9. The first-order valence-corrected chi connectivity index (χ1v) is 20.3. The van der Waals surface area contributed by atoms with Crippen LogP contribution in [0, 0.1) is 12.0 Å². The van der Waals surface area contributed by atoms with Gasteiger partial charge in [0.05, 0.1) is 17.7 Å². The minimum atomic E-state index is -0.983. The molecule has 1 spiro atoms. The van der Waals surface area contributed by atoms with Crippen LogP contribution in [-0.4, -0.2) is 121 Å².